The molecule has 1 rings (SSSR count). The lowest BCUT2D eigenvalue weighted by Crippen LogP contribution is -2.32. The van der Waals surface area contributed by atoms with E-state index >= 15 is 0 Å². The van der Waals surface area contributed by atoms with Gasteiger partial charge in [-0.1, -0.05) is 13.8 Å². The van der Waals surface area contributed by atoms with Crippen molar-refractivity contribution in [2.24, 2.45) is 11.1 Å². The quantitative estimate of drug-likeness (QED) is 0.798. The van der Waals surface area contributed by atoms with Crippen LogP contribution in [0.5, 0.6) is 5.75 Å². The third-order valence-electron chi connectivity index (χ3n) is 2.61. The number of carbonyl (C=O) groups is 1. The molecule has 0 radical (unpaired) electrons. The van der Waals surface area contributed by atoms with Crippen LogP contribution in [0.3, 0.4) is 0 Å². The molecule has 0 aliphatic rings. The first-order valence-electron chi connectivity index (χ1n) is 5.88. The second-order valence-corrected chi connectivity index (χ2v) is 5.11. The van der Waals surface area contributed by atoms with Gasteiger partial charge in [0.1, 0.15) is 5.75 Å². The Balaban J connectivity index is 2.84. The molecule has 1 aromatic carbocycles. The summed E-state index contributed by atoms with van der Waals surface area (Å²) in [7, 11) is 0. The van der Waals surface area contributed by atoms with Crippen LogP contribution in [0.1, 0.15) is 38.1 Å². The van der Waals surface area contributed by atoms with Gasteiger partial charge in [0.25, 0.3) is 0 Å². The molecule has 3 nitrogen and oxygen atoms in total. The Morgan fingerprint density at radius 1 is 1.29 bits per heavy atom. The highest BCUT2D eigenvalue weighted by Crippen LogP contribution is 2.22. The molecule has 3 heteroatoms. The number of ketones is 1. The number of nitrogens with two attached hydrogens (primary N) is 1. The summed E-state index contributed by atoms with van der Waals surface area (Å²) in [6.45, 7) is 7.99. The van der Waals surface area contributed by atoms with Crippen LogP contribution in [0.15, 0.2) is 24.3 Å². The first-order valence-corrected chi connectivity index (χ1v) is 5.88. The number of Topliss-reactive ketones (excluding diaryl/α,β-unsaturated/α-hetero) is 1. The van der Waals surface area contributed by atoms with Crippen LogP contribution in [0.4, 0.5) is 0 Å². The molecule has 17 heavy (non-hydrogen) atoms. The van der Waals surface area contributed by atoms with E-state index in [1.54, 1.807) is 12.1 Å². The van der Waals surface area contributed by atoms with Gasteiger partial charge in [-0.05, 0) is 38.1 Å². The fourth-order valence-electron chi connectivity index (χ4n) is 1.44. The van der Waals surface area contributed by atoms with Crippen LogP contribution >= 0.6 is 0 Å². The molecule has 0 saturated heterocycles. The van der Waals surface area contributed by atoms with Gasteiger partial charge in [0.2, 0.25) is 0 Å². The van der Waals surface area contributed by atoms with E-state index < -0.39 is 5.41 Å². The first-order chi connectivity index (χ1) is 7.86. The van der Waals surface area contributed by atoms with Crippen molar-refractivity contribution in [3.8, 4) is 5.75 Å². The third-order valence-corrected chi connectivity index (χ3v) is 2.61. The minimum atomic E-state index is -0.513. The van der Waals surface area contributed by atoms with E-state index in [-0.39, 0.29) is 11.9 Å². The van der Waals surface area contributed by atoms with E-state index in [9.17, 15) is 4.79 Å². The second kappa shape index (κ2) is 5.32. The normalized spacial score (nSPS) is 11.6. The monoisotopic (exact) mass is 235 g/mol. The molecule has 1 aromatic rings. The highest BCUT2D eigenvalue weighted by atomic mass is 16.5. The van der Waals surface area contributed by atoms with E-state index in [1.165, 1.54) is 0 Å². The molecule has 0 bridgehead atoms. The van der Waals surface area contributed by atoms with Crippen molar-refractivity contribution in [2.45, 2.75) is 33.8 Å². The van der Waals surface area contributed by atoms with Gasteiger partial charge in [0, 0.05) is 17.5 Å². The van der Waals surface area contributed by atoms with Gasteiger partial charge in [-0.25, -0.2) is 0 Å². The maximum Gasteiger partial charge on any atom is 0.169 e. The molecule has 0 heterocycles. The summed E-state index contributed by atoms with van der Waals surface area (Å²) in [6, 6.07) is 7.22. The fourth-order valence-corrected chi connectivity index (χ4v) is 1.44. The van der Waals surface area contributed by atoms with Crippen LogP contribution in [-0.4, -0.2) is 18.4 Å². The Kier molecular flexibility index (Phi) is 4.29. The molecule has 0 atom stereocenters. The number of ether oxygens (including phenoxy) is 1. The summed E-state index contributed by atoms with van der Waals surface area (Å²) in [5.74, 6) is 0.846. The predicted molar refractivity (Wildman–Crippen MR) is 69.4 cm³/mol. The van der Waals surface area contributed by atoms with Crippen molar-refractivity contribution in [2.75, 3.05) is 6.54 Å². The van der Waals surface area contributed by atoms with Gasteiger partial charge in [0.05, 0.1) is 6.10 Å². The number of hydrogen-bond donors (Lipinski definition) is 1. The van der Waals surface area contributed by atoms with E-state index in [0.29, 0.717) is 12.1 Å². The van der Waals surface area contributed by atoms with E-state index in [2.05, 4.69) is 0 Å². The van der Waals surface area contributed by atoms with Gasteiger partial charge >= 0.3 is 0 Å². The van der Waals surface area contributed by atoms with Crippen LogP contribution in [0.2, 0.25) is 0 Å². The van der Waals surface area contributed by atoms with Crippen molar-refractivity contribution < 1.29 is 9.53 Å². The van der Waals surface area contributed by atoms with Crippen molar-refractivity contribution in [3.05, 3.63) is 29.8 Å². The topological polar surface area (TPSA) is 52.3 Å². The summed E-state index contributed by atoms with van der Waals surface area (Å²) in [5.41, 5.74) is 5.76. The molecule has 0 aliphatic carbocycles. The summed E-state index contributed by atoms with van der Waals surface area (Å²) >= 11 is 0. The molecule has 0 amide bonds. The summed E-state index contributed by atoms with van der Waals surface area (Å²) in [6.07, 6.45) is 0.136. The van der Waals surface area contributed by atoms with E-state index in [0.717, 1.165) is 5.75 Å². The fraction of sp³-hybridized carbons (Fsp3) is 0.500. The molecular weight excluding hydrogens is 214 g/mol. The molecular formula is C14H21NO2. The third kappa shape index (κ3) is 3.56. The van der Waals surface area contributed by atoms with Crippen LogP contribution in [-0.2, 0) is 0 Å². The molecule has 0 aliphatic heterocycles. The van der Waals surface area contributed by atoms with Crippen molar-refractivity contribution >= 4 is 5.78 Å². The van der Waals surface area contributed by atoms with E-state index in [4.69, 9.17) is 10.5 Å². The Labute approximate surface area is 103 Å². The average Bonchev–Trinajstić information content (AvgIpc) is 2.28. The lowest BCUT2D eigenvalue weighted by Gasteiger charge is -2.20. The maximum atomic E-state index is 12.1. The van der Waals surface area contributed by atoms with Crippen LogP contribution in [0, 0.1) is 5.41 Å². The second-order valence-electron chi connectivity index (χ2n) is 5.11. The smallest absolute Gasteiger partial charge is 0.169 e. The molecule has 94 valence electrons. The predicted octanol–water partition coefficient (Wildman–Crippen LogP) is 2.64. The lowest BCUT2D eigenvalue weighted by molar-refractivity contribution is 0.0847. The molecule has 2 N–H and O–H groups in total. The van der Waals surface area contributed by atoms with E-state index in [1.807, 2.05) is 39.8 Å². The van der Waals surface area contributed by atoms with Gasteiger partial charge in [-0.2, -0.15) is 0 Å². The van der Waals surface area contributed by atoms with Gasteiger partial charge in [-0.3, -0.25) is 4.79 Å². The Bertz CT molecular complexity index is 380. The van der Waals surface area contributed by atoms with Crippen molar-refractivity contribution in [1.82, 2.24) is 0 Å². The molecule has 0 unspecified atom stereocenters. The maximum absolute atomic E-state index is 12.1. The Hall–Kier alpha value is -1.35. The number of hydrogen-bond acceptors (Lipinski definition) is 3. The minimum Gasteiger partial charge on any atom is -0.491 e. The van der Waals surface area contributed by atoms with Crippen LogP contribution < -0.4 is 10.5 Å². The first kappa shape index (κ1) is 13.7. The van der Waals surface area contributed by atoms with Gasteiger partial charge in [0.15, 0.2) is 5.78 Å². The summed E-state index contributed by atoms with van der Waals surface area (Å²) in [4.78, 5) is 12.1. The molecule has 0 saturated carbocycles. The molecule has 0 spiro atoms. The standard InChI is InChI=1S/C14H21NO2/c1-10(2)17-12-7-5-11(6-8-12)13(16)14(3,4)9-15/h5-8,10H,9,15H2,1-4H3. The average molecular weight is 235 g/mol. The lowest BCUT2D eigenvalue weighted by atomic mass is 9.84. The number of rotatable bonds is 5. The Morgan fingerprint density at radius 2 is 1.82 bits per heavy atom. The number of benzene rings is 1. The largest absolute Gasteiger partial charge is 0.491 e. The highest BCUT2D eigenvalue weighted by Gasteiger charge is 2.26. The molecule has 0 fully saturated rings. The van der Waals surface area contributed by atoms with Gasteiger partial charge in [-0.15, -0.1) is 0 Å². The zero-order chi connectivity index (χ0) is 13.1. The van der Waals surface area contributed by atoms with Crippen molar-refractivity contribution in [3.63, 3.8) is 0 Å². The van der Waals surface area contributed by atoms with Gasteiger partial charge < -0.3 is 10.5 Å². The van der Waals surface area contributed by atoms with Crippen LogP contribution in [0.25, 0.3) is 0 Å². The van der Waals surface area contributed by atoms with Crippen molar-refractivity contribution in [1.29, 1.82) is 0 Å². The summed E-state index contributed by atoms with van der Waals surface area (Å²) in [5, 5.41) is 0. The highest BCUT2D eigenvalue weighted by molar-refractivity contribution is 6.00. The SMILES string of the molecule is CC(C)Oc1ccc(C(=O)C(C)(C)CN)cc1. The minimum absolute atomic E-state index is 0.0658. The number of carbonyl (C=O) groups excluding carboxylic acids is 1. The zero-order valence-corrected chi connectivity index (χ0v) is 11.0. The zero-order valence-electron chi connectivity index (χ0n) is 11.0. The summed E-state index contributed by atoms with van der Waals surface area (Å²) < 4.78 is 5.52. The Morgan fingerprint density at radius 3 is 2.24 bits per heavy atom. The molecule has 0 aromatic heterocycles.